The second kappa shape index (κ2) is 7.87. The minimum Gasteiger partial charge on any atom is -0.313 e. The van der Waals surface area contributed by atoms with E-state index in [2.05, 4.69) is 36.1 Å². The molecule has 0 bridgehead atoms. The first-order valence-corrected chi connectivity index (χ1v) is 7.91. The summed E-state index contributed by atoms with van der Waals surface area (Å²) >= 11 is 0. The standard InChI is InChI=1S/C17H28FN3/c1-14(7-8-15-5-4-6-16(18)11-15)19-12-17-13-20(2)9-10-21(17)3/h4-6,11,14,17,19H,7-10,12-13H2,1-3H3/t14-,17+/m0/s1. The number of likely N-dealkylation sites (N-methyl/N-ethyl adjacent to an activating group) is 2. The van der Waals surface area contributed by atoms with Crippen LogP contribution in [0.25, 0.3) is 0 Å². The average molecular weight is 293 g/mol. The number of hydrogen-bond donors (Lipinski definition) is 1. The average Bonchev–Trinajstić information content (AvgIpc) is 2.46. The van der Waals surface area contributed by atoms with E-state index in [-0.39, 0.29) is 5.82 Å². The molecule has 4 heteroatoms. The Balaban J connectivity index is 1.70. The zero-order chi connectivity index (χ0) is 15.2. The van der Waals surface area contributed by atoms with Crippen LogP contribution >= 0.6 is 0 Å². The van der Waals surface area contributed by atoms with Gasteiger partial charge in [0.25, 0.3) is 0 Å². The molecular formula is C17H28FN3. The molecule has 0 unspecified atom stereocenters. The van der Waals surface area contributed by atoms with Crippen molar-refractivity contribution in [3.8, 4) is 0 Å². The predicted molar refractivity (Wildman–Crippen MR) is 86.1 cm³/mol. The van der Waals surface area contributed by atoms with Crippen LogP contribution < -0.4 is 5.32 Å². The lowest BCUT2D eigenvalue weighted by Crippen LogP contribution is -2.54. The third-order valence-corrected chi connectivity index (χ3v) is 4.44. The van der Waals surface area contributed by atoms with Crippen molar-refractivity contribution in [2.45, 2.75) is 31.8 Å². The first-order valence-electron chi connectivity index (χ1n) is 7.91. The van der Waals surface area contributed by atoms with Crippen LogP contribution in [0, 0.1) is 5.82 Å². The maximum Gasteiger partial charge on any atom is 0.123 e. The van der Waals surface area contributed by atoms with Crippen molar-refractivity contribution in [1.29, 1.82) is 0 Å². The lowest BCUT2D eigenvalue weighted by molar-refractivity contribution is 0.111. The van der Waals surface area contributed by atoms with Crippen molar-refractivity contribution in [2.75, 3.05) is 40.3 Å². The Kier molecular flexibility index (Phi) is 6.15. The van der Waals surface area contributed by atoms with E-state index in [4.69, 9.17) is 0 Å². The molecule has 2 rings (SSSR count). The third kappa shape index (κ3) is 5.38. The van der Waals surface area contributed by atoms with Crippen LogP contribution in [-0.4, -0.2) is 62.2 Å². The molecule has 1 aromatic rings. The smallest absolute Gasteiger partial charge is 0.123 e. The highest BCUT2D eigenvalue weighted by Crippen LogP contribution is 2.09. The van der Waals surface area contributed by atoms with Gasteiger partial charge in [-0.2, -0.15) is 0 Å². The molecule has 0 amide bonds. The van der Waals surface area contributed by atoms with E-state index in [1.54, 1.807) is 12.1 Å². The number of hydrogen-bond acceptors (Lipinski definition) is 3. The van der Waals surface area contributed by atoms with Crippen LogP contribution in [-0.2, 0) is 6.42 Å². The number of nitrogens with zero attached hydrogens (tertiary/aromatic N) is 2. The van der Waals surface area contributed by atoms with E-state index < -0.39 is 0 Å². The van der Waals surface area contributed by atoms with Crippen LogP contribution in [0.1, 0.15) is 18.9 Å². The molecule has 1 aromatic carbocycles. The summed E-state index contributed by atoms with van der Waals surface area (Å²) < 4.78 is 13.1. The van der Waals surface area contributed by atoms with E-state index in [0.717, 1.165) is 44.6 Å². The van der Waals surface area contributed by atoms with Crippen LogP contribution in [0.5, 0.6) is 0 Å². The van der Waals surface area contributed by atoms with Gasteiger partial charge in [0.1, 0.15) is 5.82 Å². The summed E-state index contributed by atoms with van der Waals surface area (Å²) in [4.78, 5) is 4.83. The van der Waals surface area contributed by atoms with Gasteiger partial charge in [0.15, 0.2) is 0 Å². The molecule has 2 atom stereocenters. The maximum atomic E-state index is 13.1. The first kappa shape index (κ1) is 16.4. The van der Waals surface area contributed by atoms with E-state index in [9.17, 15) is 4.39 Å². The molecule has 1 aliphatic heterocycles. The Bertz CT molecular complexity index is 438. The minimum absolute atomic E-state index is 0.139. The fraction of sp³-hybridized carbons (Fsp3) is 0.647. The van der Waals surface area contributed by atoms with E-state index >= 15 is 0 Å². The van der Waals surface area contributed by atoms with E-state index in [1.807, 2.05) is 6.07 Å². The van der Waals surface area contributed by atoms with Gasteiger partial charge in [0.05, 0.1) is 0 Å². The van der Waals surface area contributed by atoms with Crippen LogP contribution in [0.2, 0.25) is 0 Å². The van der Waals surface area contributed by atoms with Gasteiger partial charge in [0.2, 0.25) is 0 Å². The number of aryl methyl sites for hydroxylation is 1. The summed E-state index contributed by atoms with van der Waals surface area (Å²) in [5, 5.41) is 3.63. The lowest BCUT2D eigenvalue weighted by atomic mass is 10.1. The normalized spacial score (nSPS) is 22.4. The van der Waals surface area contributed by atoms with Crippen molar-refractivity contribution in [3.05, 3.63) is 35.6 Å². The Labute approximate surface area is 128 Å². The van der Waals surface area contributed by atoms with Gasteiger partial charge in [0, 0.05) is 38.3 Å². The lowest BCUT2D eigenvalue weighted by Gasteiger charge is -2.38. The Morgan fingerprint density at radius 1 is 1.33 bits per heavy atom. The number of halogens is 1. The van der Waals surface area contributed by atoms with Gasteiger partial charge in [-0.1, -0.05) is 12.1 Å². The van der Waals surface area contributed by atoms with Crippen molar-refractivity contribution >= 4 is 0 Å². The van der Waals surface area contributed by atoms with Gasteiger partial charge in [-0.15, -0.1) is 0 Å². The number of rotatable bonds is 6. The second-order valence-corrected chi connectivity index (χ2v) is 6.37. The van der Waals surface area contributed by atoms with Crippen molar-refractivity contribution in [1.82, 2.24) is 15.1 Å². The molecule has 1 heterocycles. The molecular weight excluding hydrogens is 265 g/mol. The summed E-state index contributed by atoms with van der Waals surface area (Å²) in [6.07, 6.45) is 1.96. The highest BCUT2D eigenvalue weighted by Gasteiger charge is 2.22. The van der Waals surface area contributed by atoms with Crippen molar-refractivity contribution in [2.24, 2.45) is 0 Å². The highest BCUT2D eigenvalue weighted by atomic mass is 19.1. The largest absolute Gasteiger partial charge is 0.313 e. The monoisotopic (exact) mass is 293 g/mol. The van der Waals surface area contributed by atoms with Gasteiger partial charge in [-0.25, -0.2) is 4.39 Å². The van der Waals surface area contributed by atoms with Gasteiger partial charge < -0.3 is 10.2 Å². The van der Waals surface area contributed by atoms with Crippen molar-refractivity contribution in [3.63, 3.8) is 0 Å². The molecule has 1 saturated heterocycles. The van der Waals surface area contributed by atoms with Crippen LogP contribution in [0.4, 0.5) is 4.39 Å². The molecule has 0 spiro atoms. The molecule has 0 radical (unpaired) electrons. The third-order valence-electron chi connectivity index (χ3n) is 4.44. The summed E-state index contributed by atoms with van der Waals surface area (Å²) in [6.45, 7) is 6.65. The van der Waals surface area contributed by atoms with Gasteiger partial charge in [-0.05, 0) is 51.6 Å². The topological polar surface area (TPSA) is 18.5 Å². The molecule has 3 nitrogen and oxygen atoms in total. The van der Waals surface area contributed by atoms with Gasteiger partial charge >= 0.3 is 0 Å². The molecule has 1 aliphatic rings. The first-order chi connectivity index (χ1) is 10.0. The SMILES string of the molecule is C[C@@H](CCc1cccc(F)c1)NC[C@@H]1CN(C)CCN1C. The number of nitrogens with one attached hydrogen (secondary N) is 1. The highest BCUT2D eigenvalue weighted by molar-refractivity contribution is 5.16. The molecule has 1 fully saturated rings. The quantitative estimate of drug-likeness (QED) is 0.865. The second-order valence-electron chi connectivity index (χ2n) is 6.37. The van der Waals surface area contributed by atoms with Crippen LogP contribution in [0.3, 0.4) is 0 Å². The van der Waals surface area contributed by atoms with E-state index in [1.165, 1.54) is 6.07 Å². The van der Waals surface area contributed by atoms with Crippen LogP contribution in [0.15, 0.2) is 24.3 Å². The molecule has 21 heavy (non-hydrogen) atoms. The Hall–Kier alpha value is -0.970. The number of benzene rings is 1. The van der Waals surface area contributed by atoms with E-state index in [0.29, 0.717) is 12.1 Å². The zero-order valence-corrected chi connectivity index (χ0v) is 13.5. The molecule has 0 saturated carbocycles. The zero-order valence-electron chi connectivity index (χ0n) is 13.5. The molecule has 0 aliphatic carbocycles. The summed E-state index contributed by atoms with van der Waals surface area (Å²) in [5.41, 5.74) is 1.08. The molecule has 118 valence electrons. The summed E-state index contributed by atoms with van der Waals surface area (Å²) in [5.74, 6) is -0.139. The molecule has 0 aromatic heterocycles. The van der Waals surface area contributed by atoms with Crippen molar-refractivity contribution < 1.29 is 4.39 Å². The fourth-order valence-corrected chi connectivity index (χ4v) is 2.84. The Morgan fingerprint density at radius 2 is 2.14 bits per heavy atom. The summed E-state index contributed by atoms with van der Waals surface area (Å²) in [7, 11) is 4.39. The Morgan fingerprint density at radius 3 is 2.90 bits per heavy atom. The maximum absolute atomic E-state index is 13.1. The number of piperazine rings is 1. The fourth-order valence-electron chi connectivity index (χ4n) is 2.84. The minimum atomic E-state index is -0.139. The summed E-state index contributed by atoms with van der Waals surface area (Å²) in [6, 6.07) is 7.96. The predicted octanol–water partition coefficient (Wildman–Crippen LogP) is 1.98. The van der Waals surface area contributed by atoms with Gasteiger partial charge in [-0.3, -0.25) is 4.90 Å². The molecule has 1 N–H and O–H groups in total.